The molecule has 1 heterocycles. The summed E-state index contributed by atoms with van der Waals surface area (Å²) in [7, 11) is 4.64. The van der Waals surface area contributed by atoms with Crippen molar-refractivity contribution >= 4 is 17.7 Å². The fraction of sp³-hybridized carbons (Fsp3) is 0.394. The van der Waals surface area contributed by atoms with Gasteiger partial charge in [0.15, 0.2) is 23.0 Å². The van der Waals surface area contributed by atoms with Crippen LogP contribution in [0, 0.1) is 19.8 Å². The fourth-order valence-corrected chi connectivity index (χ4v) is 4.72. The highest BCUT2D eigenvalue weighted by Crippen LogP contribution is 2.36. The molecule has 0 N–H and O–H groups in total. The maximum Gasteiger partial charge on any atom is 0.309 e. The molecule has 43 heavy (non-hydrogen) atoms. The predicted octanol–water partition coefficient (Wildman–Crippen LogP) is 5.60. The Morgan fingerprint density at radius 1 is 0.814 bits per heavy atom. The Balaban J connectivity index is 1.84. The van der Waals surface area contributed by atoms with Gasteiger partial charge in [-0.15, -0.1) is 0 Å². The number of nitrogens with zero attached hydrogens (tertiary/aromatic N) is 1. The summed E-state index contributed by atoms with van der Waals surface area (Å²) in [6.07, 6.45) is 0.589. The van der Waals surface area contributed by atoms with Gasteiger partial charge in [0.2, 0.25) is 6.79 Å². The minimum Gasteiger partial charge on any atom is -0.496 e. The van der Waals surface area contributed by atoms with E-state index in [1.165, 1.54) is 26.3 Å². The van der Waals surface area contributed by atoms with Crippen LogP contribution in [0.2, 0.25) is 0 Å². The van der Waals surface area contributed by atoms with Crippen LogP contribution in [0.5, 0.6) is 23.0 Å². The van der Waals surface area contributed by atoms with E-state index in [-0.39, 0.29) is 29.5 Å². The minimum absolute atomic E-state index is 0.0203. The number of methoxy groups -OCH3 is 3. The third-order valence-electron chi connectivity index (χ3n) is 7.07. The van der Waals surface area contributed by atoms with Gasteiger partial charge in [-0.3, -0.25) is 14.4 Å². The predicted molar refractivity (Wildman–Crippen MR) is 159 cm³/mol. The normalized spacial score (nSPS) is 12.2. The molecule has 10 heteroatoms. The molecule has 0 radical (unpaired) electrons. The van der Waals surface area contributed by atoms with Crippen LogP contribution in [0.3, 0.4) is 0 Å². The largest absolute Gasteiger partial charge is 0.496 e. The number of ketones is 1. The number of aryl methyl sites for hydroxylation is 2. The molecule has 0 unspecified atom stereocenters. The zero-order valence-electron chi connectivity index (χ0n) is 25.9. The van der Waals surface area contributed by atoms with E-state index in [1.807, 2.05) is 57.2 Å². The Morgan fingerprint density at radius 2 is 1.37 bits per heavy atom. The summed E-state index contributed by atoms with van der Waals surface area (Å²) in [5.74, 6) is -1.01. The SMILES string of the molecule is COc1cc(C(c2ccc(C)c(OC)c2)[C@H](C)OC(=O)[C@H](C)CC(=O)c2nccc(OC)c2OCOC(C)=O)ccc1C. The van der Waals surface area contributed by atoms with Gasteiger partial charge in [0.1, 0.15) is 17.6 Å². The van der Waals surface area contributed by atoms with Gasteiger partial charge in [-0.1, -0.05) is 31.2 Å². The van der Waals surface area contributed by atoms with Crippen LogP contribution in [0.1, 0.15) is 65.9 Å². The van der Waals surface area contributed by atoms with Crippen molar-refractivity contribution in [3.8, 4) is 23.0 Å². The fourth-order valence-electron chi connectivity index (χ4n) is 4.72. The van der Waals surface area contributed by atoms with E-state index in [9.17, 15) is 14.4 Å². The molecule has 0 saturated carbocycles. The number of esters is 2. The molecule has 3 rings (SSSR count). The van der Waals surface area contributed by atoms with E-state index in [0.717, 1.165) is 33.8 Å². The molecular formula is C33H39NO9. The molecule has 0 bridgehead atoms. The second kappa shape index (κ2) is 15.0. The molecule has 3 aromatic rings. The Bertz CT molecular complexity index is 1400. The molecule has 0 aliphatic carbocycles. The highest BCUT2D eigenvalue weighted by atomic mass is 16.7. The zero-order chi connectivity index (χ0) is 31.7. The first-order valence-corrected chi connectivity index (χ1v) is 13.8. The quantitative estimate of drug-likeness (QED) is 0.133. The Kier molecular flexibility index (Phi) is 11.5. The maximum atomic E-state index is 13.3. The van der Waals surface area contributed by atoms with Gasteiger partial charge >= 0.3 is 11.9 Å². The summed E-state index contributed by atoms with van der Waals surface area (Å²) < 4.78 is 32.7. The summed E-state index contributed by atoms with van der Waals surface area (Å²) in [6, 6.07) is 13.3. The number of benzene rings is 2. The average Bonchev–Trinajstić information content (AvgIpc) is 2.98. The zero-order valence-corrected chi connectivity index (χ0v) is 25.9. The topological polar surface area (TPSA) is 119 Å². The van der Waals surface area contributed by atoms with Crippen molar-refractivity contribution in [2.75, 3.05) is 28.1 Å². The maximum absolute atomic E-state index is 13.3. The lowest BCUT2D eigenvalue weighted by atomic mass is 9.86. The number of rotatable bonds is 14. The molecular weight excluding hydrogens is 554 g/mol. The van der Waals surface area contributed by atoms with Gasteiger partial charge in [0.25, 0.3) is 0 Å². The summed E-state index contributed by atoms with van der Waals surface area (Å²) in [6.45, 7) is 8.16. The molecule has 10 nitrogen and oxygen atoms in total. The van der Waals surface area contributed by atoms with Gasteiger partial charge in [0.05, 0.1) is 27.2 Å². The van der Waals surface area contributed by atoms with Crippen molar-refractivity contribution in [2.45, 2.75) is 53.1 Å². The van der Waals surface area contributed by atoms with Gasteiger partial charge in [-0.2, -0.15) is 0 Å². The first-order chi connectivity index (χ1) is 20.5. The highest BCUT2D eigenvalue weighted by Gasteiger charge is 2.30. The van der Waals surface area contributed by atoms with Gasteiger partial charge in [-0.25, -0.2) is 4.98 Å². The summed E-state index contributed by atoms with van der Waals surface area (Å²) in [5.41, 5.74) is 3.70. The lowest BCUT2D eigenvalue weighted by Gasteiger charge is -2.27. The first-order valence-electron chi connectivity index (χ1n) is 13.8. The average molecular weight is 594 g/mol. The van der Waals surface area contributed by atoms with Crippen molar-refractivity contribution in [1.82, 2.24) is 4.98 Å². The Labute approximate surface area is 252 Å². The van der Waals surface area contributed by atoms with Crippen LogP contribution < -0.4 is 18.9 Å². The van der Waals surface area contributed by atoms with Crippen molar-refractivity contribution < 1.29 is 42.8 Å². The molecule has 0 aliphatic rings. The molecule has 2 atom stereocenters. The molecule has 0 aliphatic heterocycles. The van der Waals surface area contributed by atoms with E-state index in [1.54, 1.807) is 21.1 Å². The minimum atomic E-state index is -0.801. The van der Waals surface area contributed by atoms with Gasteiger partial charge in [0, 0.05) is 31.5 Å². The number of hydrogen-bond acceptors (Lipinski definition) is 10. The van der Waals surface area contributed by atoms with Crippen LogP contribution in [-0.2, 0) is 19.1 Å². The molecule has 0 amide bonds. The molecule has 0 spiro atoms. The third kappa shape index (κ3) is 8.24. The smallest absolute Gasteiger partial charge is 0.309 e. The molecule has 1 aromatic heterocycles. The molecule has 0 fully saturated rings. The summed E-state index contributed by atoms with van der Waals surface area (Å²) in [5, 5.41) is 0. The summed E-state index contributed by atoms with van der Waals surface area (Å²) >= 11 is 0. The lowest BCUT2D eigenvalue weighted by molar-refractivity contribution is -0.153. The third-order valence-corrected chi connectivity index (χ3v) is 7.07. The number of pyridine rings is 1. The van der Waals surface area contributed by atoms with E-state index in [0.29, 0.717) is 0 Å². The Hall–Kier alpha value is -4.60. The first kappa shape index (κ1) is 32.9. The van der Waals surface area contributed by atoms with Crippen LogP contribution in [0.15, 0.2) is 48.7 Å². The van der Waals surface area contributed by atoms with E-state index >= 15 is 0 Å². The van der Waals surface area contributed by atoms with Crippen LogP contribution in [0.4, 0.5) is 0 Å². The standard InChI is InChI=1S/C33H39NO9/c1-19-9-11-24(16-28(19)39-7)30(25-12-10-20(2)29(17-25)40-8)22(4)43-33(37)21(3)15-26(36)31-32(42-18-41-23(5)35)27(38-6)13-14-34-31/h9-14,16-17,21-22,30H,15,18H2,1-8H3/t21-,22+/m1/s1. The Morgan fingerprint density at radius 3 is 1.88 bits per heavy atom. The van der Waals surface area contributed by atoms with Crippen molar-refractivity contribution in [3.63, 3.8) is 0 Å². The lowest BCUT2D eigenvalue weighted by Crippen LogP contribution is -2.28. The van der Waals surface area contributed by atoms with Crippen LogP contribution in [0.25, 0.3) is 0 Å². The monoisotopic (exact) mass is 593 g/mol. The van der Waals surface area contributed by atoms with E-state index < -0.39 is 36.5 Å². The number of carbonyl (C=O) groups excluding carboxylic acids is 3. The van der Waals surface area contributed by atoms with Crippen molar-refractivity contribution in [2.24, 2.45) is 5.92 Å². The van der Waals surface area contributed by atoms with Crippen molar-refractivity contribution in [3.05, 3.63) is 76.6 Å². The second-order valence-electron chi connectivity index (χ2n) is 10.2. The van der Waals surface area contributed by atoms with E-state index in [2.05, 4.69) is 4.98 Å². The molecule has 0 saturated heterocycles. The number of Topliss-reactive ketones (excluding diaryl/α,β-unsaturated/α-hetero) is 1. The van der Waals surface area contributed by atoms with Crippen molar-refractivity contribution in [1.29, 1.82) is 0 Å². The van der Waals surface area contributed by atoms with Crippen LogP contribution >= 0.6 is 0 Å². The van der Waals surface area contributed by atoms with Gasteiger partial charge in [-0.05, 0) is 55.2 Å². The summed E-state index contributed by atoms with van der Waals surface area (Å²) in [4.78, 5) is 41.9. The second-order valence-corrected chi connectivity index (χ2v) is 10.2. The number of aromatic nitrogens is 1. The van der Waals surface area contributed by atoms with Gasteiger partial charge < -0.3 is 28.4 Å². The van der Waals surface area contributed by atoms with Crippen LogP contribution in [-0.4, -0.2) is 56.9 Å². The number of ether oxygens (including phenoxy) is 6. The molecule has 2 aromatic carbocycles. The number of hydrogen-bond donors (Lipinski definition) is 0. The highest BCUT2D eigenvalue weighted by molar-refractivity contribution is 5.99. The molecule has 230 valence electrons. The number of carbonyl (C=O) groups is 3. The van der Waals surface area contributed by atoms with E-state index in [4.69, 9.17) is 28.4 Å².